The molecule has 25 heavy (non-hydrogen) atoms. The maximum Gasteiger partial charge on any atom is 0.420 e. The summed E-state index contributed by atoms with van der Waals surface area (Å²) >= 11 is 0. The number of phenols is 1. The number of aromatic hydroxyl groups is 1. The van der Waals surface area contributed by atoms with E-state index in [1.807, 2.05) is 0 Å². The predicted octanol–water partition coefficient (Wildman–Crippen LogP) is 4.39. The number of carboxylic acids is 1. The molecule has 0 saturated carbocycles. The van der Waals surface area contributed by atoms with Crippen molar-refractivity contribution >= 4 is 16.9 Å². The van der Waals surface area contributed by atoms with Gasteiger partial charge in [-0.2, -0.15) is 18.4 Å². The summed E-state index contributed by atoms with van der Waals surface area (Å²) in [7, 11) is 0. The average Bonchev–Trinajstić information content (AvgIpc) is 2.97. The first-order valence-electron chi connectivity index (χ1n) is 6.81. The third-order valence-corrected chi connectivity index (χ3v) is 3.65. The minimum Gasteiger partial charge on any atom is -0.507 e. The van der Waals surface area contributed by atoms with E-state index >= 15 is 0 Å². The Hall–Kier alpha value is -3.47. The molecule has 3 rings (SSSR count). The molecule has 0 aliphatic heterocycles. The first kappa shape index (κ1) is 16.4. The van der Waals surface area contributed by atoms with Crippen LogP contribution in [0.3, 0.4) is 0 Å². The van der Waals surface area contributed by atoms with Gasteiger partial charge in [0.15, 0.2) is 0 Å². The molecule has 8 heteroatoms. The van der Waals surface area contributed by atoms with Crippen LogP contribution in [0.4, 0.5) is 13.2 Å². The van der Waals surface area contributed by atoms with Gasteiger partial charge in [-0.1, -0.05) is 6.07 Å². The molecular formula is C17H8F3NO4. The fourth-order valence-corrected chi connectivity index (χ4v) is 2.52. The van der Waals surface area contributed by atoms with Crippen LogP contribution < -0.4 is 0 Å². The number of nitrogens with zero attached hydrogens (tertiary/aromatic N) is 1. The minimum atomic E-state index is -4.66. The topological polar surface area (TPSA) is 94.5 Å². The number of alkyl halides is 3. The van der Waals surface area contributed by atoms with Crippen molar-refractivity contribution in [2.24, 2.45) is 0 Å². The SMILES string of the molecule is N#Cc1cc(-c2ccc(C(=O)O)c(O)c2)c2occ(C(F)(F)F)c2c1. The predicted molar refractivity (Wildman–Crippen MR) is 80.0 cm³/mol. The second-order valence-electron chi connectivity index (χ2n) is 5.20. The lowest BCUT2D eigenvalue weighted by Gasteiger charge is -2.08. The van der Waals surface area contributed by atoms with Crippen molar-refractivity contribution in [3.8, 4) is 22.9 Å². The van der Waals surface area contributed by atoms with Crippen LogP contribution in [-0.2, 0) is 6.18 Å². The second-order valence-corrected chi connectivity index (χ2v) is 5.20. The lowest BCUT2D eigenvalue weighted by Crippen LogP contribution is -2.03. The number of benzene rings is 2. The van der Waals surface area contributed by atoms with E-state index in [0.717, 1.165) is 18.2 Å². The Morgan fingerprint density at radius 1 is 1.20 bits per heavy atom. The van der Waals surface area contributed by atoms with Gasteiger partial charge in [-0.3, -0.25) is 0 Å². The molecule has 0 spiro atoms. The van der Waals surface area contributed by atoms with Gasteiger partial charge in [-0.25, -0.2) is 4.79 Å². The molecule has 0 amide bonds. The molecule has 0 radical (unpaired) electrons. The maximum atomic E-state index is 13.1. The lowest BCUT2D eigenvalue weighted by molar-refractivity contribution is -0.136. The zero-order chi connectivity index (χ0) is 18.4. The van der Waals surface area contributed by atoms with Gasteiger partial charge in [-0.15, -0.1) is 0 Å². The summed E-state index contributed by atoms with van der Waals surface area (Å²) in [6.07, 6.45) is -4.10. The highest BCUT2D eigenvalue weighted by Crippen LogP contribution is 2.41. The van der Waals surface area contributed by atoms with Crippen molar-refractivity contribution in [2.45, 2.75) is 6.18 Å². The van der Waals surface area contributed by atoms with E-state index in [-0.39, 0.29) is 33.2 Å². The van der Waals surface area contributed by atoms with Crippen LogP contribution in [0.25, 0.3) is 22.1 Å². The molecule has 5 nitrogen and oxygen atoms in total. The van der Waals surface area contributed by atoms with Gasteiger partial charge in [0.05, 0.1) is 11.6 Å². The van der Waals surface area contributed by atoms with Crippen LogP contribution in [0.15, 0.2) is 41.0 Å². The second kappa shape index (κ2) is 5.56. The molecule has 1 aromatic heterocycles. The van der Waals surface area contributed by atoms with Crippen LogP contribution in [0.5, 0.6) is 5.75 Å². The van der Waals surface area contributed by atoms with Crippen molar-refractivity contribution in [3.63, 3.8) is 0 Å². The molecule has 126 valence electrons. The highest BCUT2D eigenvalue weighted by Gasteiger charge is 2.35. The van der Waals surface area contributed by atoms with Crippen LogP contribution in [0.1, 0.15) is 21.5 Å². The Kier molecular flexibility index (Phi) is 3.64. The molecule has 2 N–H and O–H groups in total. The van der Waals surface area contributed by atoms with Crippen molar-refractivity contribution in [1.29, 1.82) is 5.26 Å². The third kappa shape index (κ3) is 2.76. The molecule has 0 saturated heterocycles. The van der Waals surface area contributed by atoms with Gasteiger partial charge in [0, 0.05) is 10.9 Å². The summed E-state index contributed by atoms with van der Waals surface area (Å²) in [5.74, 6) is -1.90. The zero-order valence-corrected chi connectivity index (χ0v) is 12.3. The number of furan rings is 1. The minimum absolute atomic E-state index is 0.0313. The van der Waals surface area contributed by atoms with Gasteiger partial charge in [0.2, 0.25) is 0 Å². The van der Waals surface area contributed by atoms with E-state index in [4.69, 9.17) is 14.8 Å². The fraction of sp³-hybridized carbons (Fsp3) is 0.0588. The van der Waals surface area contributed by atoms with Crippen molar-refractivity contribution in [3.05, 3.63) is 53.3 Å². The van der Waals surface area contributed by atoms with E-state index in [1.54, 1.807) is 6.07 Å². The van der Waals surface area contributed by atoms with Crippen LogP contribution in [-0.4, -0.2) is 16.2 Å². The summed E-state index contributed by atoms with van der Waals surface area (Å²) in [6.45, 7) is 0. The lowest BCUT2D eigenvalue weighted by atomic mass is 9.98. The van der Waals surface area contributed by atoms with Crippen LogP contribution in [0, 0.1) is 11.3 Å². The first-order valence-corrected chi connectivity index (χ1v) is 6.81. The summed E-state index contributed by atoms with van der Waals surface area (Å²) < 4.78 is 44.3. The number of hydrogen-bond acceptors (Lipinski definition) is 4. The normalized spacial score (nSPS) is 11.4. The van der Waals surface area contributed by atoms with E-state index in [9.17, 15) is 23.1 Å². The van der Waals surface area contributed by atoms with Crippen LogP contribution >= 0.6 is 0 Å². The van der Waals surface area contributed by atoms with Gasteiger partial charge >= 0.3 is 12.1 Å². The van der Waals surface area contributed by atoms with Crippen molar-refractivity contribution in [1.82, 2.24) is 0 Å². The largest absolute Gasteiger partial charge is 0.507 e. The Morgan fingerprint density at radius 2 is 1.92 bits per heavy atom. The van der Waals surface area contributed by atoms with Crippen molar-refractivity contribution in [2.75, 3.05) is 0 Å². The summed E-state index contributed by atoms with van der Waals surface area (Å²) in [6, 6.07) is 7.67. The van der Waals surface area contributed by atoms with Gasteiger partial charge < -0.3 is 14.6 Å². The highest BCUT2D eigenvalue weighted by atomic mass is 19.4. The number of aromatic carboxylic acids is 1. The van der Waals surface area contributed by atoms with Gasteiger partial charge in [0.1, 0.15) is 28.7 Å². The van der Waals surface area contributed by atoms with E-state index in [1.165, 1.54) is 12.1 Å². The van der Waals surface area contributed by atoms with Crippen LogP contribution in [0.2, 0.25) is 0 Å². The zero-order valence-electron chi connectivity index (χ0n) is 12.3. The smallest absolute Gasteiger partial charge is 0.420 e. The highest BCUT2D eigenvalue weighted by molar-refractivity contribution is 5.97. The molecule has 3 aromatic rings. The monoisotopic (exact) mass is 347 g/mol. The summed E-state index contributed by atoms with van der Waals surface area (Å²) in [4.78, 5) is 10.9. The Morgan fingerprint density at radius 3 is 2.48 bits per heavy atom. The molecular weight excluding hydrogens is 339 g/mol. The fourth-order valence-electron chi connectivity index (χ4n) is 2.52. The number of hydrogen-bond donors (Lipinski definition) is 2. The van der Waals surface area contributed by atoms with E-state index in [2.05, 4.69) is 0 Å². The quantitative estimate of drug-likeness (QED) is 0.717. The number of fused-ring (bicyclic) bond motifs is 1. The molecule has 0 fully saturated rings. The molecule has 0 aliphatic rings. The standard InChI is InChI=1S/C17H8F3NO4/c18-17(19,20)13-7-25-15-11(3-8(6-21)4-12(13)15)9-1-2-10(16(23)24)14(22)5-9/h1-5,7,22H,(H,23,24). The molecule has 0 atom stereocenters. The van der Waals surface area contributed by atoms with E-state index < -0.39 is 23.5 Å². The number of nitriles is 1. The number of halogens is 3. The number of carbonyl (C=O) groups is 1. The Bertz CT molecular complexity index is 1040. The Labute approximate surface area is 138 Å². The summed E-state index contributed by atoms with van der Waals surface area (Å²) in [5, 5.41) is 27.5. The molecule has 1 heterocycles. The van der Waals surface area contributed by atoms with Gasteiger partial charge in [0.25, 0.3) is 0 Å². The molecule has 0 unspecified atom stereocenters. The van der Waals surface area contributed by atoms with Gasteiger partial charge in [-0.05, 0) is 29.8 Å². The number of carboxylic acid groups (broad SMARTS) is 1. The number of rotatable bonds is 2. The summed E-state index contributed by atoms with van der Waals surface area (Å²) in [5.41, 5.74) is -1.17. The molecule has 0 bridgehead atoms. The average molecular weight is 347 g/mol. The third-order valence-electron chi connectivity index (χ3n) is 3.65. The van der Waals surface area contributed by atoms with Crippen molar-refractivity contribution < 1.29 is 32.6 Å². The first-order chi connectivity index (χ1) is 11.7. The maximum absolute atomic E-state index is 13.1. The van der Waals surface area contributed by atoms with E-state index in [0.29, 0.717) is 6.26 Å². The Balaban J connectivity index is 2.30. The molecule has 2 aromatic carbocycles. The molecule has 0 aliphatic carbocycles.